The second kappa shape index (κ2) is 4.58. The highest BCUT2D eigenvalue weighted by Crippen LogP contribution is 2.49. The summed E-state index contributed by atoms with van der Waals surface area (Å²) in [6, 6.07) is 0. The zero-order valence-electron chi connectivity index (χ0n) is 10.1. The van der Waals surface area contributed by atoms with Crippen LogP contribution in [0, 0.1) is 17.8 Å². The van der Waals surface area contributed by atoms with E-state index in [9.17, 15) is 4.79 Å². The van der Waals surface area contributed by atoms with Crippen LogP contribution in [-0.2, 0) is 9.53 Å². The molecule has 0 aromatic rings. The number of fused-ring (bicyclic) bond motifs is 2. The van der Waals surface area contributed by atoms with E-state index >= 15 is 0 Å². The Morgan fingerprint density at radius 3 is 2.56 bits per heavy atom. The van der Waals surface area contributed by atoms with Crippen molar-refractivity contribution in [2.45, 2.75) is 39.2 Å². The SMILES string of the molecule is CC(C)=CC(=O)OC1CC2CC1CC2CN. The molecule has 4 unspecified atom stereocenters. The third-order valence-electron chi connectivity index (χ3n) is 3.92. The summed E-state index contributed by atoms with van der Waals surface area (Å²) in [5.74, 6) is 1.75. The summed E-state index contributed by atoms with van der Waals surface area (Å²) in [5.41, 5.74) is 6.71. The van der Waals surface area contributed by atoms with E-state index in [1.807, 2.05) is 13.8 Å². The predicted molar refractivity (Wildman–Crippen MR) is 62.7 cm³/mol. The van der Waals surface area contributed by atoms with Gasteiger partial charge in [0.1, 0.15) is 6.10 Å². The Morgan fingerprint density at radius 2 is 2.06 bits per heavy atom. The van der Waals surface area contributed by atoms with Crippen molar-refractivity contribution in [3.8, 4) is 0 Å². The molecule has 0 spiro atoms. The number of ether oxygens (including phenoxy) is 1. The molecule has 3 heteroatoms. The minimum atomic E-state index is -0.179. The molecule has 0 heterocycles. The molecule has 0 radical (unpaired) electrons. The summed E-state index contributed by atoms with van der Waals surface area (Å²) in [6.07, 6.45) is 5.10. The smallest absolute Gasteiger partial charge is 0.330 e. The average Bonchev–Trinajstić information content (AvgIpc) is 2.74. The number of carbonyl (C=O) groups is 1. The third kappa shape index (κ3) is 2.29. The average molecular weight is 223 g/mol. The van der Waals surface area contributed by atoms with Crippen molar-refractivity contribution in [2.24, 2.45) is 23.5 Å². The highest BCUT2D eigenvalue weighted by atomic mass is 16.5. The summed E-state index contributed by atoms with van der Waals surface area (Å²) < 4.78 is 5.49. The molecule has 2 N–H and O–H groups in total. The Bertz CT molecular complexity index is 307. The fraction of sp³-hybridized carbons (Fsp3) is 0.769. The van der Waals surface area contributed by atoms with Crippen LogP contribution in [0.4, 0.5) is 0 Å². The lowest BCUT2D eigenvalue weighted by molar-refractivity contribution is -0.145. The molecule has 90 valence electrons. The number of esters is 1. The van der Waals surface area contributed by atoms with Crippen LogP contribution >= 0.6 is 0 Å². The fourth-order valence-corrected chi connectivity index (χ4v) is 3.19. The third-order valence-corrected chi connectivity index (χ3v) is 3.92. The van der Waals surface area contributed by atoms with Crippen molar-refractivity contribution in [1.82, 2.24) is 0 Å². The number of hydrogen-bond acceptors (Lipinski definition) is 3. The van der Waals surface area contributed by atoms with Gasteiger partial charge >= 0.3 is 5.97 Å². The monoisotopic (exact) mass is 223 g/mol. The van der Waals surface area contributed by atoms with Gasteiger partial charge in [-0.05, 0) is 57.4 Å². The summed E-state index contributed by atoms with van der Waals surface area (Å²) in [4.78, 5) is 11.5. The molecule has 16 heavy (non-hydrogen) atoms. The van der Waals surface area contributed by atoms with Crippen LogP contribution in [0.25, 0.3) is 0 Å². The van der Waals surface area contributed by atoms with Crippen molar-refractivity contribution in [1.29, 1.82) is 0 Å². The largest absolute Gasteiger partial charge is 0.459 e. The van der Waals surface area contributed by atoms with Crippen LogP contribution in [0.3, 0.4) is 0 Å². The number of rotatable bonds is 3. The molecule has 3 nitrogen and oxygen atoms in total. The maximum Gasteiger partial charge on any atom is 0.330 e. The van der Waals surface area contributed by atoms with Crippen LogP contribution in [0.2, 0.25) is 0 Å². The quantitative estimate of drug-likeness (QED) is 0.587. The van der Waals surface area contributed by atoms with Gasteiger partial charge in [0.05, 0.1) is 0 Å². The summed E-state index contributed by atoms with van der Waals surface area (Å²) in [5, 5.41) is 0. The molecule has 0 aromatic heterocycles. The maximum atomic E-state index is 11.5. The fourth-order valence-electron chi connectivity index (χ4n) is 3.19. The normalized spacial score (nSPS) is 36.2. The summed E-state index contributed by atoms with van der Waals surface area (Å²) in [6.45, 7) is 4.61. The van der Waals surface area contributed by atoms with Gasteiger partial charge in [-0.3, -0.25) is 0 Å². The lowest BCUT2D eigenvalue weighted by Crippen LogP contribution is -2.29. The van der Waals surface area contributed by atoms with E-state index in [1.54, 1.807) is 6.08 Å². The van der Waals surface area contributed by atoms with Crippen LogP contribution in [-0.4, -0.2) is 18.6 Å². The van der Waals surface area contributed by atoms with Crippen LogP contribution in [0.15, 0.2) is 11.6 Å². The van der Waals surface area contributed by atoms with Gasteiger partial charge in [0.2, 0.25) is 0 Å². The highest BCUT2D eigenvalue weighted by molar-refractivity contribution is 5.82. The van der Waals surface area contributed by atoms with Gasteiger partial charge in [-0.1, -0.05) is 5.57 Å². The van der Waals surface area contributed by atoms with Gasteiger partial charge in [0, 0.05) is 6.08 Å². The minimum absolute atomic E-state index is 0.149. The van der Waals surface area contributed by atoms with Gasteiger partial charge in [-0.25, -0.2) is 4.79 Å². The first kappa shape index (κ1) is 11.6. The molecule has 2 rings (SSSR count). The molecule has 0 saturated heterocycles. The van der Waals surface area contributed by atoms with E-state index in [-0.39, 0.29) is 12.1 Å². The maximum absolute atomic E-state index is 11.5. The van der Waals surface area contributed by atoms with Crippen LogP contribution in [0.1, 0.15) is 33.1 Å². The lowest BCUT2D eigenvalue weighted by Gasteiger charge is -2.26. The van der Waals surface area contributed by atoms with Crippen LogP contribution < -0.4 is 5.73 Å². The Hall–Kier alpha value is -0.830. The zero-order valence-corrected chi connectivity index (χ0v) is 10.1. The molecule has 0 aliphatic heterocycles. The summed E-state index contributed by atoms with van der Waals surface area (Å²) >= 11 is 0. The van der Waals surface area contributed by atoms with Crippen molar-refractivity contribution in [3.63, 3.8) is 0 Å². The molecule has 2 saturated carbocycles. The molecular weight excluding hydrogens is 202 g/mol. The van der Waals surface area contributed by atoms with Gasteiger partial charge in [-0.15, -0.1) is 0 Å². The molecule has 2 aliphatic rings. The van der Waals surface area contributed by atoms with Crippen molar-refractivity contribution in [3.05, 3.63) is 11.6 Å². The second-order valence-corrected chi connectivity index (χ2v) is 5.42. The first-order valence-electron chi connectivity index (χ1n) is 6.15. The predicted octanol–water partition coefficient (Wildman–Crippen LogP) is 1.87. The number of carbonyl (C=O) groups excluding carboxylic acids is 1. The molecule has 2 aliphatic carbocycles. The number of hydrogen-bond donors (Lipinski definition) is 1. The minimum Gasteiger partial charge on any atom is -0.459 e. The lowest BCUT2D eigenvalue weighted by atomic mass is 9.87. The Balaban J connectivity index is 1.87. The van der Waals surface area contributed by atoms with E-state index < -0.39 is 0 Å². The highest BCUT2D eigenvalue weighted by Gasteiger charge is 2.46. The van der Waals surface area contributed by atoms with E-state index in [0.29, 0.717) is 17.8 Å². The van der Waals surface area contributed by atoms with E-state index in [1.165, 1.54) is 6.42 Å². The molecular formula is C13H21NO2. The van der Waals surface area contributed by atoms with Gasteiger partial charge in [0.25, 0.3) is 0 Å². The standard InChI is InChI=1S/C13H21NO2/c1-8(2)3-13(15)16-12-6-9-4-10(12)5-11(9)7-14/h3,9-12H,4-7,14H2,1-2H3. The molecule has 0 aromatic carbocycles. The van der Waals surface area contributed by atoms with Crippen LogP contribution in [0.5, 0.6) is 0 Å². The van der Waals surface area contributed by atoms with Gasteiger partial charge in [-0.2, -0.15) is 0 Å². The van der Waals surface area contributed by atoms with E-state index in [2.05, 4.69) is 0 Å². The second-order valence-electron chi connectivity index (χ2n) is 5.42. The Morgan fingerprint density at radius 1 is 1.31 bits per heavy atom. The van der Waals surface area contributed by atoms with Crippen molar-refractivity contribution in [2.75, 3.05) is 6.54 Å². The molecule has 0 amide bonds. The summed E-state index contributed by atoms with van der Waals surface area (Å²) in [7, 11) is 0. The molecule has 4 atom stereocenters. The first-order valence-corrected chi connectivity index (χ1v) is 6.15. The van der Waals surface area contributed by atoms with Gasteiger partial charge < -0.3 is 10.5 Å². The van der Waals surface area contributed by atoms with E-state index in [0.717, 1.165) is 25.0 Å². The van der Waals surface area contributed by atoms with Crippen molar-refractivity contribution >= 4 is 5.97 Å². The topological polar surface area (TPSA) is 52.3 Å². The molecule has 2 bridgehead atoms. The van der Waals surface area contributed by atoms with E-state index in [4.69, 9.17) is 10.5 Å². The zero-order chi connectivity index (χ0) is 11.7. The first-order chi connectivity index (χ1) is 7.60. The number of allylic oxidation sites excluding steroid dienone is 1. The number of nitrogens with two attached hydrogens (primary N) is 1. The van der Waals surface area contributed by atoms with Gasteiger partial charge in [0.15, 0.2) is 0 Å². The molecule has 2 fully saturated rings. The Labute approximate surface area is 97.0 Å². The Kier molecular flexibility index (Phi) is 3.33. The van der Waals surface area contributed by atoms with Crippen molar-refractivity contribution < 1.29 is 9.53 Å².